The van der Waals surface area contributed by atoms with E-state index in [0.29, 0.717) is 11.8 Å². The summed E-state index contributed by atoms with van der Waals surface area (Å²) in [7, 11) is 0. The molecule has 0 unspecified atom stereocenters. The molecule has 0 spiro atoms. The molecule has 62 valence electrons. The highest BCUT2D eigenvalue weighted by atomic mass is 15.0. The highest BCUT2D eigenvalue weighted by Crippen LogP contribution is 2.16. The molecule has 0 rings (SSSR count). The first kappa shape index (κ1) is 9.92. The molecule has 0 heterocycles. The second-order valence-corrected chi connectivity index (χ2v) is 3.87. The van der Waals surface area contributed by atoms with Crippen LogP contribution in [-0.2, 0) is 0 Å². The van der Waals surface area contributed by atoms with Gasteiger partial charge in [0.25, 0.3) is 0 Å². The van der Waals surface area contributed by atoms with Crippen molar-refractivity contribution in [2.24, 2.45) is 23.3 Å². The maximum atomic E-state index is 5.84. The minimum Gasteiger partial charge on any atom is -0.313 e. The summed E-state index contributed by atoms with van der Waals surface area (Å²) in [4.78, 5) is 0. The molecule has 0 bridgehead atoms. The van der Waals surface area contributed by atoms with E-state index < -0.39 is 5.66 Å². The second kappa shape index (κ2) is 3.35. The van der Waals surface area contributed by atoms with E-state index in [1.54, 1.807) is 0 Å². The Morgan fingerprint density at radius 2 is 1.50 bits per heavy atom. The van der Waals surface area contributed by atoms with Gasteiger partial charge in [-0.3, -0.25) is 0 Å². The van der Waals surface area contributed by atoms with Crippen LogP contribution in [-0.4, -0.2) is 5.66 Å². The summed E-state index contributed by atoms with van der Waals surface area (Å²) in [6.07, 6.45) is 0.894. The summed E-state index contributed by atoms with van der Waals surface area (Å²) >= 11 is 0. The molecule has 0 aliphatic carbocycles. The minimum absolute atomic E-state index is 0.356. The van der Waals surface area contributed by atoms with Crippen LogP contribution >= 0.6 is 0 Å². The molecule has 0 aromatic rings. The Morgan fingerprint density at radius 1 is 1.10 bits per heavy atom. The van der Waals surface area contributed by atoms with E-state index in [1.165, 1.54) is 0 Å². The van der Waals surface area contributed by atoms with Crippen molar-refractivity contribution in [3.8, 4) is 0 Å². The van der Waals surface area contributed by atoms with Gasteiger partial charge in [-0.15, -0.1) is 0 Å². The number of rotatable bonds is 3. The van der Waals surface area contributed by atoms with Gasteiger partial charge in [0.1, 0.15) is 0 Å². The zero-order chi connectivity index (χ0) is 8.36. The van der Waals surface area contributed by atoms with Crippen molar-refractivity contribution in [1.82, 2.24) is 0 Å². The molecular formula is C8H20N2. The molecule has 0 amide bonds. The summed E-state index contributed by atoms with van der Waals surface area (Å²) in [5.41, 5.74) is 11.2. The highest BCUT2D eigenvalue weighted by molar-refractivity contribution is 4.80. The Hall–Kier alpha value is -0.0800. The Balaban J connectivity index is 3.87. The average Bonchev–Trinajstić information content (AvgIpc) is 1.60. The van der Waals surface area contributed by atoms with Gasteiger partial charge in [-0.05, 0) is 18.3 Å². The van der Waals surface area contributed by atoms with Gasteiger partial charge in [-0.25, -0.2) is 0 Å². The normalized spacial score (nSPS) is 13.2. The lowest BCUT2D eigenvalue weighted by molar-refractivity contribution is 0.264. The standard InChI is InChI=1S/C8H20N2/c1-6(2)5-8(9,10)7(3)4/h6-7H,5,9-10H2,1-4H3. The number of hydrogen-bond donors (Lipinski definition) is 2. The van der Waals surface area contributed by atoms with Crippen LogP contribution in [0.2, 0.25) is 0 Å². The quantitative estimate of drug-likeness (QED) is 0.587. The van der Waals surface area contributed by atoms with Crippen molar-refractivity contribution in [3.05, 3.63) is 0 Å². The minimum atomic E-state index is -0.478. The number of hydrogen-bond acceptors (Lipinski definition) is 2. The van der Waals surface area contributed by atoms with Crippen LogP contribution in [0, 0.1) is 11.8 Å². The second-order valence-electron chi connectivity index (χ2n) is 3.87. The molecule has 2 nitrogen and oxygen atoms in total. The molecular weight excluding hydrogens is 124 g/mol. The lowest BCUT2D eigenvalue weighted by atomic mass is 9.89. The van der Waals surface area contributed by atoms with Crippen molar-refractivity contribution in [1.29, 1.82) is 0 Å². The Morgan fingerprint density at radius 3 is 1.60 bits per heavy atom. The Labute approximate surface area is 64.0 Å². The first-order valence-electron chi connectivity index (χ1n) is 3.94. The summed E-state index contributed by atoms with van der Waals surface area (Å²) in [5, 5.41) is 0. The van der Waals surface area contributed by atoms with Crippen LogP contribution in [0.3, 0.4) is 0 Å². The van der Waals surface area contributed by atoms with E-state index in [1.807, 2.05) is 0 Å². The molecule has 0 saturated heterocycles. The van der Waals surface area contributed by atoms with Crippen LogP contribution in [0.4, 0.5) is 0 Å². The predicted molar refractivity (Wildman–Crippen MR) is 45.4 cm³/mol. The van der Waals surface area contributed by atoms with Gasteiger partial charge in [0.05, 0.1) is 5.66 Å². The molecule has 2 heteroatoms. The molecule has 0 fully saturated rings. The summed E-state index contributed by atoms with van der Waals surface area (Å²) in [6, 6.07) is 0. The fraction of sp³-hybridized carbons (Fsp3) is 1.00. The van der Waals surface area contributed by atoms with Crippen molar-refractivity contribution >= 4 is 0 Å². The first-order valence-corrected chi connectivity index (χ1v) is 3.94. The molecule has 4 N–H and O–H groups in total. The van der Waals surface area contributed by atoms with Gasteiger partial charge in [-0.2, -0.15) is 0 Å². The molecule has 0 aromatic heterocycles. The molecule has 0 aliphatic heterocycles. The molecule has 0 aliphatic rings. The van der Waals surface area contributed by atoms with Gasteiger partial charge >= 0.3 is 0 Å². The third-order valence-corrected chi connectivity index (χ3v) is 1.84. The lowest BCUT2D eigenvalue weighted by Gasteiger charge is -2.30. The smallest absolute Gasteiger partial charge is 0.0662 e. The lowest BCUT2D eigenvalue weighted by Crippen LogP contribution is -2.54. The SMILES string of the molecule is CC(C)CC(N)(N)C(C)C. The largest absolute Gasteiger partial charge is 0.313 e. The molecule has 0 saturated carbocycles. The maximum absolute atomic E-state index is 5.84. The summed E-state index contributed by atoms with van der Waals surface area (Å²) in [6.45, 7) is 8.39. The van der Waals surface area contributed by atoms with Crippen LogP contribution in [0.5, 0.6) is 0 Å². The van der Waals surface area contributed by atoms with Crippen LogP contribution < -0.4 is 11.5 Å². The van der Waals surface area contributed by atoms with Crippen LogP contribution in [0.1, 0.15) is 34.1 Å². The topological polar surface area (TPSA) is 52.0 Å². The summed E-state index contributed by atoms with van der Waals surface area (Å²) in [5.74, 6) is 0.937. The third-order valence-electron chi connectivity index (χ3n) is 1.84. The van der Waals surface area contributed by atoms with E-state index in [2.05, 4.69) is 27.7 Å². The fourth-order valence-electron chi connectivity index (χ4n) is 0.943. The monoisotopic (exact) mass is 144 g/mol. The molecule has 0 radical (unpaired) electrons. The van der Waals surface area contributed by atoms with E-state index in [4.69, 9.17) is 11.5 Å². The van der Waals surface area contributed by atoms with Crippen molar-refractivity contribution in [3.63, 3.8) is 0 Å². The third kappa shape index (κ3) is 3.18. The van der Waals surface area contributed by atoms with Crippen LogP contribution in [0.15, 0.2) is 0 Å². The van der Waals surface area contributed by atoms with Crippen molar-refractivity contribution in [2.75, 3.05) is 0 Å². The number of nitrogens with two attached hydrogens (primary N) is 2. The summed E-state index contributed by atoms with van der Waals surface area (Å²) < 4.78 is 0. The van der Waals surface area contributed by atoms with Crippen LogP contribution in [0.25, 0.3) is 0 Å². The predicted octanol–water partition coefficient (Wildman–Crippen LogP) is 1.30. The van der Waals surface area contributed by atoms with Crippen molar-refractivity contribution < 1.29 is 0 Å². The maximum Gasteiger partial charge on any atom is 0.0662 e. The highest BCUT2D eigenvalue weighted by Gasteiger charge is 2.24. The molecule has 0 aromatic carbocycles. The Kier molecular flexibility index (Phi) is 3.33. The van der Waals surface area contributed by atoms with E-state index >= 15 is 0 Å². The molecule has 0 atom stereocenters. The first-order chi connectivity index (χ1) is 4.36. The average molecular weight is 144 g/mol. The van der Waals surface area contributed by atoms with Gasteiger partial charge in [0.15, 0.2) is 0 Å². The van der Waals surface area contributed by atoms with E-state index in [-0.39, 0.29) is 0 Å². The van der Waals surface area contributed by atoms with Gasteiger partial charge in [0.2, 0.25) is 0 Å². The van der Waals surface area contributed by atoms with Gasteiger partial charge in [-0.1, -0.05) is 27.7 Å². The van der Waals surface area contributed by atoms with E-state index in [9.17, 15) is 0 Å². The zero-order valence-electron chi connectivity index (χ0n) is 7.52. The fourth-order valence-corrected chi connectivity index (χ4v) is 0.943. The zero-order valence-corrected chi connectivity index (χ0v) is 7.52. The van der Waals surface area contributed by atoms with Gasteiger partial charge < -0.3 is 11.5 Å². The molecule has 10 heavy (non-hydrogen) atoms. The Bertz CT molecular complexity index is 95.4. The van der Waals surface area contributed by atoms with Crippen molar-refractivity contribution in [2.45, 2.75) is 39.8 Å². The van der Waals surface area contributed by atoms with E-state index in [0.717, 1.165) is 6.42 Å². The van der Waals surface area contributed by atoms with Gasteiger partial charge in [0, 0.05) is 0 Å².